The van der Waals surface area contributed by atoms with Gasteiger partial charge in [0.2, 0.25) is 0 Å². The van der Waals surface area contributed by atoms with Crippen LogP contribution in [0.3, 0.4) is 0 Å². The van der Waals surface area contributed by atoms with Crippen LogP contribution in [0.15, 0.2) is 6.20 Å². The third-order valence-corrected chi connectivity index (χ3v) is 4.02. The summed E-state index contributed by atoms with van der Waals surface area (Å²) in [6, 6.07) is 0.324. The second-order valence-electron chi connectivity index (χ2n) is 5.26. The Bertz CT molecular complexity index is 384. The molecule has 0 aliphatic heterocycles. The van der Waals surface area contributed by atoms with E-state index in [9.17, 15) is 0 Å². The predicted octanol–water partition coefficient (Wildman–Crippen LogP) is 2.86. The lowest BCUT2D eigenvalue weighted by molar-refractivity contribution is 0.413. The number of aryl methyl sites for hydroxylation is 1. The number of hydrogen-bond acceptors (Lipinski definition) is 2. The molecule has 0 bridgehead atoms. The molecule has 2 rings (SSSR count). The van der Waals surface area contributed by atoms with Crippen LogP contribution in [0, 0.1) is 11.3 Å². The molecule has 1 aromatic rings. The highest BCUT2D eigenvalue weighted by Crippen LogP contribution is 2.58. The van der Waals surface area contributed by atoms with Gasteiger partial charge in [-0.15, -0.1) is 0 Å². The third-order valence-electron chi connectivity index (χ3n) is 3.73. The first-order valence-corrected chi connectivity index (χ1v) is 6.27. The molecule has 1 aliphatic carbocycles. The van der Waals surface area contributed by atoms with Crippen molar-refractivity contribution in [3.8, 4) is 0 Å². The van der Waals surface area contributed by atoms with Crippen LogP contribution in [0.2, 0.25) is 5.02 Å². The minimum absolute atomic E-state index is 0.324. The van der Waals surface area contributed by atoms with E-state index in [2.05, 4.69) is 31.2 Å². The Morgan fingerprint density at radius 2 is 2.31 bits per heavy atom. The minimum atomic E-state index is 0.324. The van der Waals surface area contributed by atoms with Crippen LogP contribution >= 0.6 is 11.6 Å². The fourth-order valence-corrected chi connectivity index (χ4v) is 2.80. The highest BCUT2D eigenvalue weighted by molar-refractivity contribution is 6.31. The first kappa shape index (κ1) is 11.9. The van der Waals surface area contributed by atoms with Gasteiger partial charge in [-0.1, -0.05) is 25.4 Å². The summed E-state index contributed by atoms with van der Waals surface area (Å²) in [5.74, 6) is 0.664. The van der Waals surface area contributed by atoms with E-state index in [1.165, 1.54) is 6.42 Å². The molecule has 1 aliphatic rings. The van der Waals surface area contributed by atoms with Crippen molar-refractivity contribution in [2.75, 3.05) is 7.05 Å². The quantitative estimate of drug-likeness (QED) is 0.879. The van der Waals surface area contributed by atoms with E-state index in [4.69, 9.17) is 11.6 Å². The molecule has 4 heteroatoms. The number of halogens is 1. The first-order valence-electron chi connectivity index (χ1n) is 5.89. The summed E-state index contributed by atoms with van der Waals surface area (Å²) in [6.07, 6.45) is 3.00. The van der Waals surface area contributed by atoms with Crippen molar-refractivity contribution < 1.29 is 0 Å². The maximum atomic E-state index is 6.24. The molecular weight excluding hydrogens is 222 g/mol. The average molecular weight is 242 g/mol. The number of aromatic nitrogens is 2. The first-order chi connectivity index (χ1) is 7.51. The van der Waals surface area contributed by atoms with Crippen LogP contribution in [-0.4, -0.2) is 16.8 Å². The Hall–Kier alpha value is -0.540. The van der Waals surface area contributed by atoms with Crippen molar-refractivity contribution >= 4 is 11.6 Å². The number of nitrogens with one attached hydrogen (secondary N) is 1. The molecule has 0 amide bonds. The van der Waals surface area contributed by atoms with E-state index in [1.807, 2.05) is 11.7 Å². The van der Waals surface area contributed by atoms with E-state index < -0.39 is 0 Å². The zero-order valence-corrected chi connectivity index (χ0v) is 11.2. The summed E-state index contributed by atoms with van der Waals surface area (Å²) < 4.78 is 2.00. The molecule has 0 spiro atoms. The van der Waals surface area contributed by atoms with Gasteiger partial charge in [0.25, 0.3) is 0 Å². The standard InChI is InChI=1S/C12H20ClN3/c1-5-16-11(9(13)7-15-16)10(14-4)8-6-12(8,2)3/h7-8,10,14H,5-6H2,1-4H3. The van der Waals surface area contributed by atoms with Crippen molar-refractivity contribution in [2.24, 2.45) is 11.3 Å². The molecule has 1 aromatic heterocycles. The molecule has 2 atom stereocenters. The zero-order valence-electron chi connectivity index (χ0n) is 10.4. The largest absolute Gasteiger partial charge is 0.311 e. The van der Waals surface area contributed by atoms with Crippen LogP contribution in [0.5, 0.6) is 0 Å². The molecule has 1 heterocycles. The Morgan fingerprint density at radius 1 is 1.69 bits per heavy atom. The minimum Gasteiger partial charge on any atom is -0.311 e. The normalized spacial score (nSPS) is 24.4. The summed E-state index contributed by atoms with van der Waals surface area (Å²) in [6.45, 7) is 7.58. The van der Waals surface area contributed by atoms with E-state index in [-0.39, 0.29) is 0 Å². The fourth-order valence-electron chi connectivity index (χ4n) is 2.54. The van der Waals surface area contributed by atoms with Crippen molar-refractivity contribution in [1.29, 1.82) is 0 Å². The molecule has 3 nitrogen and oxygen atoms in total. The second-order valence-corrected chi connectivity index (χ2v) is 5.67. The van der Waals surface area contributed by atoms with Gasteiger partial charge in [0.1, 0.15) is 0 Å². The van der Waals surface area contributed by atoms with Gasteiger partial charge in [0, 0.05) is 6.54 Å². The molecule has 0 radical (unpaired) electrons. The molecule has 1 fully saturated rings. The maximum absolute atomic E-state index is 6.24. The SMILES string of the molecule is CCn1ncc(Cl)c1C(NC)C1CC1(C)C. The molecule has 16 heavy (non-hydrogen) atoms. The lowest BCUT2D eigenvalue weighted by Crippen LogP contribution is -2.24. The number of nitrogens with zero attached hydrogens (tertiary/aromatic N) is 2. The van der Waals surface area contributed by atoms with Gasteiger partial charge in [-0.3, -0.25) is 4.68 Å². The van der Waals surface area contributed by atoms with Gasteiger partial charge in [0.05, 0.1) is 23.0 Å². The molecule has 0 aromatic carbocycles. The van der Waals surface area contributed by atoms with Gasteiger partial charge in [-0.2, -0.15) is 5.10 Å². The van der Waals surface area contributed by atoms with Crippen molar-refractivity contribution in [2.45, 2.75) is 39.8 Å². The third kappa shape index (κ3) is 1.87. The Kier molecular flexibility index (Phi) is 3.01. The van der Waals surface area contributed by atoms with Crippen molar-refractivity contribution in [3.05, 3.63) is 16.9 Å². The maximum Gasteiger partial charge on any atom is 0.0834 e. The van der Waals surface area contributed by atoms with Crippen LogP contribution in [0.1, 0.15) is 38.9 Å². The van der Waals surface area contributed by atoms with Crippen LogP contribution in [0.4, 0.5) is 0 Å². The molecular formula is C12H20ClN3. The van der Waals surface area contributed by atoms with Crippen molar-refractivity contribution in [1.82, 2.24) is 15.1 Å². The lowest BCUT2D eigenvalue weighted by atomic mass is 10.0. The average Bonchev–Trinajstić information content (AvgIpc) is 2.69. The van der Waals surface area contributed by atoms with Crippen LogP contribution in [0.25, 0.3) is 0 Å². The Morgan fingerprint density at radius 3 is 2.75 bits per heavy atom. The van der Waals surface area contributed by atoms with E-state index in [0.717, 1.165) is 17.3 Å². The smallest absolute Gasteiger partial charge is 0.0834 e. The zero-order chi connectivity index (χ0) is 11.9. The highest BCUT2D eigenvalue weighted by Gasteiger charge is 2.51. The van der Waals surface area contributed by atoms with Gasteiger partial charge in [-0.25, -0.2) is 0 Å². The number of rotatable bonds is 4. The lowest BCUT2D eigenvalue weighted by Gasteiger charge is -2.19. The summed E-state index contributed by atoms with van der Waals surface area (Å²) in [5.41, 5.74) is 1.57. The molecule has 1 N–H and O–H groups in total. The number of hydrogen-bond donors (Lipinski definition) is 1. The monoisotopic (exact) mass is 241 g/mol. The van der Waals surface area contributed by atoms with Gasteiger partial charge in [0.15, 0.2) is 0 Å². The predicted molar refractivity (Wildman–Crippen MR) is 66.6 cm³/mol. The van der Waals surface area contributed by atoms with E-state index in [0.29, 0.717) is 17.4 Å². The van der Waals surface area contributed by atoms with Crippen LogP contribution < -0.4 is 5.32 Å². The second kappa shape index (κ2) is 4.04. The van der Waals surface area contributed by atoms with Crippen molar-refractivity contribution in [3.63, 3.8) is 0 Å². The Labute approximate surface area is 102 Å². The summed E-state index contributed by atoms with van der Waals surface area (Å²) in [4.78, 5) is 0. The van der Waals surface area contributed by atoms with Gasteiger partial charge < -0.3 is 5.32 Å². The van der Waals surface area contributed by atoms with E-state index in [1.54, 1.807) is 6.20 Å². The van der Waals surface area contributed by atoms with Gasteiger partial charge >= 0.3 is 0 Å². The van der Waals surface area contributed by atoms with Gasteiger partial charge in [-0.05, 0) is 31.7 Å². The summed E-state index contributed by atoms with van der Waals surface area (Å²) in [5, 5.41) is 8.48. The molecule has 2 unspecified atom stereocenters. The summed E-state index contributed by atoms with van der Waals surface area (Å²) in [7, 11) is 2.00. The topological polar surface area (TPSA) is 29.9 Å². The molecule has 90 valence electrons. The van der Waals surface area contributed by atoms with E-state index >= 15 is 0 Å². The Balaban J connectivity index is 2.30. The van der Waals surface area contributed by atoms with Crippen LogP contribution in [-0.2, 0) is 6.54 Å². The fraction of sp³-hybridized carbons (Fsp3) is 0.750. The summed E-state index contributed by atoms with van der Waals surface area (Å²) >= 11 is 6.24. The molecule has 0 saturated heterocycles. The highest BCUT2D eigenvalue weighted by atomic mass is 35.5. The molecule has 1 saturated carbocycles.